The number of ether oxygens (including phenoxy) is 2. The normalized spacial score (nSPS) is 20.5. The Morgan fingerprint density at radius 3 is 2.27 bits per heavy atom. The fourth-order valence-electron chi connectivity index (χ4n) is 0.885. The number of alkyl halides is 3. The molecule has 1 heterocycles. The van der Waals surface area contributed by atoms with Gasteiger partial charge >= 0.3 is 15.6 Å². The summed E-state index contributed by atoms with van der Waals surface area (Å²) in [5.74, 6) is -0.504. The molecule has 0 spiro atoms. The summed E-state index contributed by atoms with van der Waals surface area (Å²) in [5.41, 5.74) is -5.39. The molecule has 0 aliphatic carbocycles. The standard InChI is InChI=1S/C6H9F3O5S/c7-6(8,9)15(10,11)14-3-5-1-12-4-13-2-5/h5H,1-4H2. The molecular formula is C6H9F3O5S. The first-order valence-corrected chi connectivity index (χ1v) is 5.35. The topological polar surface area (TPSA) is 61.8 Å². The molecule has 0 aromatic rings. The van der Waals surface area contributed by atoms with E-state index in [9.17, 15) is 21.6 Å². The van der Waals surface area contributed by atoms with Crippen LogP contribution in [-0.4, -0.2) is 40.5 Å². The summed E-state index contributed by atoms with van der Waals surface area (Å²) < 4.78 is 69.7. The van der Waals surface area contributed by atoms with Crippen molar-refractivity contribution in [2.24, 2.45) is 5.92 Å². The van der Waals surface area contributed by atoms with Gasteiger partial charge in [-0.15, -0.1) is 0 Å². The Morgan fingerprint density at radius 2 is 1.80 bits per heavy atom. The molecule has 0 amide bonds. The molecule has 5 nitrogen and oxygen atoms in total. The molecule has 0 aromatic heterocycles. The van der Waals surface area contributed by atoms with Crippen molar-refractivity contribution in [1.82, 2.24) is 0 Å². The van der Waals surface area contributed by atoms with Crippen LogP contribution in [0.5, 0.6) is 0 Å². The minimum Gasteiger partial charge on any atom is -0.355 e. The van der Waals surface area contributed by atoms with Gasteiger partial charge < -0.3 is 9.47 Å². The second kappa shape index (κ2) is 4.64. The van der Waals surface area contributed by atoms with Crippen molar-refractivity contribution in [1.29, 1.82) is 0 Å². The average Bonchev–Trinajstić information content (AvgIpc) is 2.15. The Labute approximate surface area is 84.2 Å². The van der Waals surface area contributed by atoms with Crippen molar-refractivity contribution < 1.29 is 35.2 Å². The second-order valence-corrected chi connectivity index (χ2v) is 4.52. The van der Waals surface area contributed by atoms with Crippen LogP contribution in [0, 0.1) is 5.92 Å². The zero-order chi connectivity index (χ0) is 11.5. The molecule has 1 saturated heterocycles. The van der Waals surface area contributed by atoms with E-state index in [1.807, 2.05) is 0 Å². The summed E-state index contributed by atoms with van der Waals surface area (Å²) in [6, 6.07) is 0. The predicted molar refractivity (Wildman–Crippen MR) is 41.2 cm³/mol. The highest BCUT2D eigenvalue weighted by Gasteiger charge is 2.47. The van der Waals surface area contributed by atoms with Crippen molar-refractivity contribution in [2.45, 2.75) is 5.51 Å². The molecule has 1 rings (SSSR count). The van der Waals surface area contributed by atoms with E-state index in [1.165, 1.54) is 0 Å². The number of halogens is 3. The molecule has 0 atom stereocenters. The molecule has 0 aromatic carbocycles. The van der Waals surface area contributed by atoms with Crippen molar-refractivity contribution in [3.8, 4) is 0 Å². The van der Waals surface area contributed by atoms with Crippen LogP contribution >= 0.6 is 0 Å². The molecule has 15 heavy (non-hydrogen) atoms. The summed E-state index contributed by atoms with van der Waals surface area (Å²) in [6.07, 6.45) is 0. The van der Waals surface area contributed by atoms with Crippen LogP contribution in [0.2, 0.25) is 0 Å². The monoisotopic (exact) mass is 250 g/mol. The van der Waals surface area contributed by atoms with Crippen LogP contribution in [0.25, 0.3) is 0 Å². The third-order valence-electron chi connectivity index (χ3n) is 1.62. The van der Waals surface area contributed by atoms with Gasteiger partial charge in [0, 0.05) is 5.92 Å². The third-order valence-corrected chi connectivity index (χ3v) is 2.63. The van der Waals surface area contributed by atoms with E-state index in [0.717, 1.165) is 0 Å². The van der Waals surface area contributed by atoms with Gasteiger partial charge in [0.25, 0.3) is 0 Å². The maximum absolute atomic E-state index is 11.8. The van der Waals surface area contributed by atoms with Crippen molar-refractivity contribution in [3.63, 3.8) is 0 Å². The molecule has 9 heteroatoms. The van der Waals surface area contributed by atoms with Crippen LogP contribution in [-0.2, 0) is 23.8 Å². The number of rotatable bonds is 3. The van der Waals surface area contributed by atoms with E-state index in [0.29, 0.717) is 0 Å². The summed E-state index contributed by atoms with van der Waals surface area (Å²) in [6.45, 7) is -0.300. The minimum atomic E-state index is -5.51. The molecule has 90 valence electrons. The van der Waals surface area contributed by atoms with E-state index >= 15 is 0 Å². The smallest absolute Gasteiger partial charge is 0.355 e. The van der Waals surface area contributed by atoms with Gasteiger partial charge in [0.1, 0.15) is 6.79 Å². The third kappa shape index (κ3) is 3.59. The van der Waals surface area contributed by atoms with E-state index in [2.05, 4.69) is 4.18 Å². The number of hydrogen-bond acceptors (Lipinski definition) is 5. The van der Waals surface area contributed by atoms with Gasteiger partial charge in [0.2, 0.25) is 0 Å². The van der Waals surface area contributed by atoms with Gasteiger partial charge in [-0.25, -0.2) is 0 Å². The Morgan fingerprint density at radius 1 is 1.27 bits per heavy atom. The maximum atomic E-state index is 11.8. The Bertz CT molecular complexity index is 292. The van der Waals surface area contributed by atoms with Gasteiger partial charge in [0.15, 0.2) is 0 Å². The molecule has 1 aliphatic heterocycles. The van der Waals surface area contributed by atoms with Gasteiger partial charge in [-0.3, -0.25) is 4.18 Å². The van der Waals surface area contributed by atoms with Crippen molar-refractivity contribution >= 4 is 10.1 Å². The molecule has 0 saturated carbocycles. The van der Waals surface area contributed by atoms with Crippen LogP contribution in [0.15, 0.2) is 0 Å². The van der Waals surface area contributed by atoms with Crippen LogP contribution in [0.4, 0.5) is 13.2 Å². The van der Waals surface area contributed by atoms with Crippen LogP contribution in [0.1, 0.15) is 0 Å². The van der Waals surface area contributed by atoms with Gasteiger partial charge in [-0.05, 0) is 0 Å². The molecular weight excluding hydrogens is 241 g/mol. The van der Waals surface area contributed by atoms with Crippen LogP contribution < -0.4 is 0 Å². The lowest BCUT2D eigenvalue weighted by molar-refractivity contribution is -0.133. The first-order valence-electron chi connectivity index (χ1n) is 3.94. The molecule has 0 N–H and O–H groups in total. The van der Waals surface area contributed by atoms with Gasteiger partial charge in [0.05, 0.1) is 19.8 Å². The van der Waals surface area contributed by atoms with E-state index in [4.69, 9.17) is 9.47 Å². The second-order valence-electron chi connectivity index (χ2n) is 2.91. The fraction of sp³-hybridized carbons (Fsp3) is 1.00. The average molecular weight is 250 g/mol. The zero-order valence-corrected chi connectivity index (χ0v) is 8.31. The Balaban J connectivity index is 2.42. The molecule has 0 unspecified atom stereocenters. The summed E-state index contributed by atoms with van der Waals surface area (Å²) >= 11 is 0. The zero-order valence-electron chi connectivity index (χ0n) is 7.49. The molecule has 0 bridgehead atoms. The van der Waals surface area contributed by atoms with E-state index in [-0.39, 0.29) is 20.0 Å². The maximum Gasteiger partial charge on any atom is 0.523 e. The van der Waals surface area contributed by atoms with Crippen LogP contribution in [0.3, 0.4) is 0 Å². The fourth-order valence-corrected chi connectivity index (χ4v) is 1.39. The predicted octanol–water partition coefficient (Wildman–Crippen LogP) is 0.473. The lowest BCUT2D eigenvalue weighted by Gasteiger charge is -2.21. The largest absolute Gasteiger partial charge is 0.523 e. The van der Waals surface area contributed by atoms with Gasteiger partial charge in [-0.2, -0.15) is 21.6 Å². The molecule has 1 aliphatic rings. The van der Waals surface area contributed by atoms with Gasteiger partial charge in [-0.1, -0.05) is 0 Å². The highest BCUT2D eigenvalue weighted by molar-refractivity contribution is 7.87. The lowest BCUT2D eigenvalue weighted by atomic mass is 10.2. The van der Waals surface area contributed by atoms with E-state index < -0.39 is 28.2 Å². The Hall–Kier alpha value is -0.380. The quantitative estimate of drug-likeness (QED) is 0.538. The van der Waals surface area contributed by atoms with Crippen molar-refractivity contribution in [3.05, 3.63) is 0 Å². The van der Waals surface area contributed by atoms with Crippen molar-refractivity contribution in [2.75, 3.05) is 26.6 Å². The Kier molecular flexibility index (Phi) is 3.93. The molecule has 1 fully saturated rings. The number of hydrogen-bond donors (Lipinski definition) is 0. The first-order chi connectivity index (χ1) is 6.83. The summed E-state index contributed by atoms with van der Waals surface area (Å²) in [7, 11) is -5.51. The highest BCUT2D eigenvalue weighted by atomic mass is 32.2. The lowest BCUT2D eigenvalue weighted by Crippen LogP contribution is -2.32. The minimum absolute atomic E-state index is 0.0581. The SMILES string of the molecule is O=S(=O)(OCC1COCOC1)C(F)(F)F. The summed E-state index contributed by atoms with van der Waals surface area (Å²) in [4.78, 5) is 0. The summed E-state index contributed by atoms with van der Waals surface area (Å²) in [5, 5.41) is 0. The van der Waals surface area contributed by atoms with E-state index in [1.54, 1.807) is 0 Å². The first kappa shape index (κ1) is 12.7. The highest BCUT2D eigenvalue weighted by Crippen LogP contribution is 2.25. The molecule has 0 radical (unpaired) electrons.